The fourth-order valence-electron chi connectivity index (χ4n) is 2.47. The van der Waals surface area contributed by atoms with Crippen molar-refractivity contribution in [2.75, 3.05) is 7.11 Å². The van der Waals surface area contributed by atoms with E-state index < -0.39 is 23.7 Å². The molecule has 1 amide bonds. The van der Waals surface area contributed by atoms with E-state index in [1.54, 1.807) is 69.3 Å². The number of nitrogens with one attached hydrogen (secondary N) is 1. The molecule has 7 nitrogen and oxygen atoms in total. The van der Waals surface area contributed by atoms with Gasteiger partial charge in [0, 0.05) is 12.0 Å². The fourth-order valence-corrected chi connectivity index (χ4v) is 2.47. The van der Waals surface area contributed by atoms with Crippen molar-refractivity contribution in [3.8, 4) is 11.5 Å². The van der Waals surface area contributed by atoms with Crippen molar-refractivity contribution in [3.63, 3.8) is 0 Å². The molecule has 0 aromatic heterocycles. The number of rotatable bonds is 7. The standard InChI is InChI=1S/C22H25NO6.C2H6/c1-22(2,3)29-21(26)23-19(20(25)27-4)13-15-5-9-17(10-6-15)28-18-11-7-16(14-24)8-12-18;1-2/h5-12,14,19H,13H2,1-4H3,(H,23,26);1-2H3. The fraction of sp³-hybridized carbons (Fsp3) is 0.375. The van der Waals surface area contributed by atoms with E-state index in [-0.39, 0.29) is 6.42 Å². The van der Waals surface area contributed by atoms with Crippen molar-refractivity contribution >= 4 is 18.3 Å². The topological polar surface area (TPSA) is 90.9 Å². The highest BCUT2D eigenvalue weighted by molar-refractivity contribution is 5.81. The number of ether oxygens (including phenoxy) is 3. The van der Waals surface area contributed by atoms with Crippen LogP contribution in [0.1, 0.15) is 50.5 Å². The first kappa shape index (κ1) is 25.7. The molecule has 2 aromatic carbocycles. The van der Waals surface area contributed by atoms with Gasteiger partial charge in [-0.1, -0.05) is 26.0 Å². The van der Waals surface area contributed by atoms with E-state index >= 15 is 0 Å². The number of hydrogen-bond donors (Lipinski definition) is 1. The van der Waals surface area contributed by atoms with Crippen LogP contribution in [0.5, 0.6) is 11.5 Å². The third kappa shape index (κ3) is 9.33. The predicted molar refractivity (Wildman–Crippen MR) is 119 cm³/mol. The van der Waals surface area contributed by atoms with Crippen LogP contribution in [0.15, 0.2) is 48.5 Å². The lowest BCUT2D eigenvalue weighted by molar-refractivity contribution is -0.143. The third-order valence-corrected chi connectivity index (χ3v) is 3.79. The van der Waals surface area contributed by atoms with Crippen LogP contribution in [-0.2, 0) is 20.7 Å². The maximum Gasteiger partial charge on any atom is 0.408 e. The maximum atomic E-state index is 12.0. The molecule has 31 heavy (non-hydrogen) atoms. The van der Waals surface area contributed by atoms with E-state index in [0.29, 0.717) is 17.1 Å². The Labute approximate surface area is 183 Å². The Balaban J connectivity index is 0.00000233. The number of aldehydes is 1. The summed E-state index contributed by atoms with van der Waals surface area (Å²) >= 11 is 0. The van der Waals surface area contributed by atoms with E-state index in [1.807, 2.05) is 13.8 Å². The Kier molecular flexibility index (Phi) is 10.2. The van der Waals surface area contributed by atoms with Crippen LogP contribution in [0.4, 0.5) is 4.79 Å². The molecule has 0 aliphatic rings. The normalized spacial score (nSPS) is 11.3. The van der Waals surface area contributed by atoms with Crippen molar-refractivity contribution in [3.05, 3.63) is 59.7 Å². The smallest absolute Gasteiger partial charge is 0.408 e. The van der Waals surface area contributed by atoms with Gasteiger partial charge in [-0.25, -0.2) is 9.59 Å². The predicted octanol–water partition coefficient (Wildman–Crippen LogP) is 4.93. The minimum Gasteiger partial charge on any atom is -0.467 e. The van der Waals surface area contributed by atoms with Crippen molar-refractivity contribution < 1.29 is 28.6 Å². The molecule has 0 aliphatic heterocycles. The summed E-state index contributed by atoms with van der Waals surface area (Å²) in [6, 6.07) is 13.0. The monoisotopic (exact) mass is 429 g/mol. The second-order valence-electron chi connectivity index (χ2n) is 7.36. The zero-order chi connectivity index (χ0) is 23.4. The Morgan fingerprint density at radius 3 is 1.94 bits per heavy atom. The van der Waals surface area contributed by atoms with Gasteiger partial charge in [0.15, 0.2) is 0 Å². The first-order valence-corrected chi connectivity index (χ1v) is 10.1. The number of carbonyl (C=O) groups is 3. The summed E-state index contributed by atoms with van der Waals surface area (Å²) in [5.41, 5.74) is 0.701. The molecule has 0 bridgehead atoms. The Hall–Kier alpha value is -3.35. The number of methoxy groups -OCH3 is 1. The quantitative estimate of drug-likeness (QED) is 0.496. The molecule has 0 heterocycles. The summed E-state index contributed by atoms with van der Waals surface area (Å²) in [7, 11) is 1.26. The van der Waals surface area contributed by atoms with Crippen molar-refractivity contribution in [2.45, 2.75) is 52.7 Å². The van der Waals surface area contributed by atoms with E-state index in [1.165, 1.54) is 7.11 Å². The van der Waals surface area contributed by atoms with Crippen molar-refractivity contribution in [1.82, 2.24) is 5.32 Å². The molecular formula is C24H31NO6. The zero-order valence-electron chi connectivity index (χ0n) is 18.9. The second-order valence-corrected chi connectivity index (χ2v) is 7.36. The lowest BCUT2D eigenvalue weighted by Crippen LogP contribution is -2.45. The first-order chi connectivity index (χ1) is 14.7. The summed E-state index contributed by atoms with van der Waals surface area (Å²) in [6.45, 7) is 9.22. The lowest BCUT2D eigenvalue weighted by Gasteiger charge is -2.22. The number of carbonyl (C=O) groups excluding carboxylic acids is 3. The number of hydrogen-bond acceptors (Lipinski definition) is 6. The molecule has 168 valence electrons. The zero-order valence-corrected chi connectivity index (χ0v) is 18.9. The Bertz CT molecular complexity index is 838. The average molecular weight is 430 g/mol. The van der Waals surface area contributed by atoms with Gasteiger partial charge in [0.2, 0.25) is 0 Å². The minimum atomic E-state index is -0.877. The molecule has 1 unspecified atom stereocenters. The Morgan fingerprint density at radius 2 is 1.48 bits per heavy atom. The van der Waals surface area contributed by atoms with Crippen LogP contribution < -0.4 is 10.1 Å². The number of esters is 1. The van der Waals surface area contributed by atoms with E-state index in [9.17, 15) is 14.4 Å². The molecule has 0 spiro atoms. The average Bonchev–Trinajstić information content (AvgIpc) is 2.74. The summed E-state index contributed by atoms with van der Waals surface area (Å²) in [5.74, 6) is 0.635. The summed E-state index contributed by atoms with van der Waals surface area (Å²) in [5, 5.41) is 2.54. The molecule has 2 aromatic rings. The third-order valence-electron chi connectivity index (χ3n) is 3.79. The van der Waals surface area contributed by atoms with Gasteiger partial charge in [-0.15, -0.1) is 0 Å². The number of alkyl carbamates (subject to hydrolysis) is 1. The molecule has 2 rings (SSSR count). The second kappa shape index (κ2) is 12.4. The molecular weight excluding hydrogens is 398 g/mol. The SMILES string of the molecule is CC.COC(=O)C(Cc1ccc(Oc2ccc(C=O)cc2)cc1)NC(=O)OC(C)(C)C. The number of amides is 1. The van der Waals surface area contributed by atoms with E-state index in [0.717, 1.165) is 11.8 Å². The highest BCUT2D eigenvalue weighted by atomic mass is 16.6. The highest BCUT2D eigenvalue weighted by Gasteiger charge is 2.25. The summed E-state index contributed by atoms with van der Waals surface area (Å²) in [6.07, 6.45) is 0.314. The van der Waals surface area contributed by atoms with Gasteiger partial charge >= 0.3 is 12.1 Å². The van der Waals surface area contributed by atoms with Crippen molar-refractivity contribution in [1.29, 1.82) is 0 Å². The minimum absolute atomic E-state index is 0.236. The van der Waals surface area contributed by atoms with Crippen LogP contribution in [-0.4, -0.2) is 37.1 Å². The van der Waals surface area contributed by atoms with Gasteiger partial charge in [0.25, 0.3) is 0 Å². The molecule has 1 N–H and O–H groups in total. The first-order valence-electron chi connectivity index (χ1n) is 10.1. The molecule has 0 aliphatic carbocycles. The van der Waals surface area contributed by atoms with Crippen LogP contribution in [0.25, 0.3) is 0 Å². The molecule has 0 saturated carbocycles. The van der Waals surface area contributed by atoms with Crippen molar-refractivity contribution in [2.24, 2.45) is 0 Å². The lowest BCUT2D eigenvalue weighted by atomic mass is 10.1. The molecule has 0 radical (unpaired) electrons. The van der Waals surface area contributed by atoms with Gasteiger partial charge in [0.1, 0.15) is 29.4 Å². The van der Waals surface area contributed by atoms with Gasteiger partial charge in [0.05, 0.1) is 7.11 Å². The molecule has 0 fully saturated rings. The summed E-state index contributed by atoms with van der Waals surface area (Å²) < 4.78 is 15.7. The Morgan fingerprint density at radius 1 is 0.968 bits per heavy atom. The van der Waals surface area contributed by atoms with Gasteiger partial charge in [-0.2, -0.15) is 0 Å². The molecule has 1 atom stereocenters. The van der Waals surface area contributed by atoms with Crippen LogP contribution >= 0.6 is 0 Å². The largest absolute Gasteiger partial charge is 0.467 e. The van der Waals surface area contributed by atoms with Crippen LogP contribution in [0.3, 0.4) is 0 Å². The van der Waals surface area contributed by atoms with Gasteiger partial charge in [-0.3, -0.25) is 4.79 Å². The van der Waals surface area contributed by atoms with E-state index in [4.69, 9.17) is 14.2 Å². The van der Waals surface area contributed by atoms with Gasteiger partial charge in [-0.05, 0) is 62.7 Å². The van der Waals surface area contributed by atoms with Crippen LogP contribution in [0.2, 0.25) is 0 Å². The van der Waals surface area contributed by atoms with Crippen LogP contribution in [0, 0.1) is 0 Å². The highest BCUT2D eigenvalue weighted by Crippen LogP contribution is 2.22. The summed E-state index contributed by atoms with van der Waals surface area (Å²) in [4.78, 5) is 34.7. The molecule has 7 heteroatoms. The number of benzene rings is 2. The van der Waals surface area contributed by atoms with E-state index in [2.05, 4.69) is 5.32 Å². The molecule has 0 saturated heterocycles. The maximum absolute atomic E-state index is 12.0. The van der Waals surface area contributed by atoms with Gasteiger partial charge < -0.3 is 19.5 Å².